The smallest absolute Gasteiger partial charge is 0.323 e. The van der Waals surface area contributed by atoms with Crippen LogP contribution in [0.1, 0.15) is 170 Å². The first-order chi connectivity index (χ1) is 44.4. The monoisotopic (exact) mass is 1360 g/mol. The van der Waals surface area contributed by atoms with Crippen LogP contribution in [0.15, 0.2) is 12.2 Å². The van der Waals surface area contributed by atoms with Crippen molar-refractivity contribution in [1.29, 1.82) is 0 Å². The van der Waals surface area contributed by atoms with Crippen molar-refractivity contribution >= 4 is 70.9 Å². The molecule has 1 saturated heterocycles. The van der Waals surface area contributed by atoms with Crippen molar-refractivity contribution < 1.29 is 72.1 Å². The Bertz CT molecular complexity index is 2640. The van der Waals surface area contributed by atoms with Crippen molar-refractivity contribution in [1.82, 2.24) is 55.6 Å². The lowest BCUT2D eigenvalue weighted by Gasteiger charge is -2.41. The molecule has 0 aromatic carbocycles. The number of ether oxygens (including phenoxy) is 2. The largest absolute Gasteiger partial charge is 0.465 e. The van der Waals surface area contributed by atoms with Gasteiger partial charge in [-0.1, -0.05) is 109 Å². The third-order valence-electron chi connectivity index (χ3n) is 17.9. The van der Waals surface area contributed by atoms with E-state index in [9.17, 15) is 48.3 Å². The molecule has 1 unspecified atom stereocenters. The summed E-state index contributed by atoms with van der Waals surface area (Å²) in [7, 11) is 9.69. The van der Waals surface area contributed by atoms with Crippen molar-refractivity contribution in [2.45, 2.75) is 248 Å². The Morgan fingerprint density at radius 1 is 0.542 bits per heavy atom. The Morgan fingerprint density at radius 3 is 1.50 bits per heavy atom. The molecule has 0 radical (unpaired) electrons. The van der Waals surface area contributed by atoms with Gasteiger partial charge >= 0.3 is 5.97 Å². The number of nitrogens with zero attached hydrogens (tertiary/aromatic N) is 7. The van der Waals surface area contributed by atoms with E-state index in [1.807, 2.05) is 41.5 Å². The Labute approximate surface area is 573 Å². The molecule has 0 aliphatic carbocycles. The molecule has 1 fully saturated rings. The van der Waals surface area contributed by atoms with Crippen LogP contribution in [0.4, 0.5) is 0 Å². The minimum atomic E-state index is -1.66. The van der Waals surface area contributed by atoms with Crippen LogP contribution in [0.5, 0.6) is 0 Å². The average Bonchev–Trinajstić information content (AvgIpc) is 0.807. The Hall–Kier alpha value is -6.74. The maximum absolute atomic E-state index is 15.2. The molecule has 0 spiro atoms. The highest BCUT2D eigenvalue weighted by Crippen LogP contribution is 2.26. The van der Waals surface area contributed by atoms with Gasteiger partial charge < -0.3 is 75.9 Å². The number of nitrogens with two attached hydrogens (primary N) is 1. The maximum Gasteiger partial charge on any atom is 0.323 e. The fourth-order valence-electron chi connectivity index (χ4n) is 11.6. The van der Waals surface area contributed by atoms with Crippen molar-refractivity contribution in [3.8, 4) is 0 Å². The van der Waals surface area contributed by atoms with E-state index in [0.29, 0.717) is 12.8 Å². The van der Waals surface area contributed by atoms with Gasteiger partial charge in [-0.05, 0) is 114 Å². The fraction of sp³-hybridized carbons (Fsp3) is 0.797. The van der Waals surface area contributed by atoms with E-state index in [0.717, 1.165) is 14.7 Å². The lowest BCUT2D eigenvalue weighted by Crippen LogP contribution is -2.63. The average molecular weight is 1360 g/mol. The first-order valence-electron chi connectivity index (χ1n) is 34.3. The highest BCUT2D eigenvalue weighted by molar-refractivity contribution is 5.99. The molecule has 27 nitrogen and oxygen atoms in total. The van der Waals surface area contributed by atoms with Gasteiger partial charge in [0, 0.05) is 55.9 Å². The standard InChI is InChI=1S/C69H124N12O15/c1-26-28-31-44(15)58(83)57-62(87)73-48(27-2)64(89)75(19)37-52(82)79(23)56(47(18)95-32-29-30-33-96-69(94)53(70)41(9)10)61(86)74-54(42(11)12)67(92)76(20)49(34-38(3)4)60(85)71-45(16)59(84)72-46(17)63(88)77(21)50(35-39(5)6)65(90)78(22)51(36-40(7)8)66(91)80(24)55(43(13)14)68(93)81(57)25/h26,28,38-51,53-58,83H,27,29-37,70H2,1-25H3,(H,71,85)(H,72,84)(H,73,87)(H,74,86)/b28-26+/t44-,45+,46-,47-,48+,49+,50+,51-,53+,54+,55?,56+,57+,58-/m1/s1. The van der Waals surface area contributed by atoms with Gasteiger partial charge in [0.1, 0.15) is 66.5 Å². The van der Waals surface area contributed by atoms with E-state index in [2.05, 4.69) is 21.3 Å². The van der Waals surface area contributed by atoms with E-state index < -0.39 is 174 Å². The quantitative estimate of drug-likeness (QED) is 0.0516. The molecule has 1 aliphatic rings. The van der Waals surface area contributed by atoms with Crippen molar-refractivity contribution in [3.05, 3.63) is 12.2 Å². The summed E-state index contributed by atoms with van der Waals surface area (Å²) >= 11 is 0. The summed E-state index contributed by atoms with van der Waals surface area (Å²) in [6.07, 6.45) is 2.25. The molecule has 0 bridgehead atoms. The van der Waals surface area contributed by atoms with Gasteiger partial charge in [0.25, 0.3) is 0 Å². The van der Waals surface area contributed by atoms with Crippen LogP contribution in [-0.4, -0.2) is 258 Å². The Balaban J connectivity index is 4.36. The number of unbranched alkanes of at least 4 members (excludes halogenated alkanes) is 1. The third-order valence-corrected chi connectivity index (χ3v) is 17.9. The highest BCUT2D eigenvalue weighted by Gasteiger charge is 2.46. The molecule has 1 heterocycles. The van der Waals surface area contributed by atoms with E-state index in [1.165, 1.54) is 82.8 Å². The second-order valence-corrected chi connectivity index (χ2v) is 28.6. The molecular weight excluding hydrogens is 1240 g/mol. The zero-order valence-electron chi connectivity index (χ0n) is 62.6. The number of hydrogen-bond acceptors (Lipinski definition) is 16. The predicted molar refractivity (Wildman–Crippen MR) is 367 cm³/mol. The van der Waals surface area contributed by atoms with Gasteiger partial charge in [-0.2, -0.15) is 0 Å². The normalized spacial score (nSPS) is 25.8. The van der Waals surface area contributed by atoms with Crippen molar-refractivity contribution in [2.24, 2.45) is 47.2 Å². The van der Waals surface area contributed by atoms with E-state index >= 15 is 14.4 Å². The van der Waals surface area contributed by atoms with Gasteiger partial charge in [-0.15, -0.1) is 0 Å². The second kappa shape index (κ2) is 40.9. The summed E-state index contributed by atoms with van der Waals surface area (Å²) < 4.78 is 11.5. The summed E-state index contributed by atoms with van der Waals surface area (Å²) in [5.41, 5.74) is 5.95. The highest BCUT2D eigenvalue weighted by atomic mass is 16.5. The number of aliphatic hydroxyl groups excluding tert-OH is 1. The second-order valence-electron chi connectivity index (χ2n) is 28.6. The predicted octanol–water partition coefficient (Wildman–Crippen LogP) is 2.93. The lowest BCUT2D eigenvalue weighted by molar-refractivity contribution is -0.157. The van der Waals surface area contributed by atoms with E-state index in [4.69, 9.17) is 15.2 Å². The number of carbonyl (C=O) groups excluding carboxylic acids is 12. The van der Waals surface area contributed by atoms with Gasteiger partial charge in [-0.3, -0.25) is 57.5 Å². The molecular formula is C69H124N12O15. The zero-order valence-corrected chi connectivity index (χ0v) is 62.6. The van der Waals surface area contributed by atoms with Gasteiger partial charge in [0.15, 0.2) is 0 Å². The van der Waals surface area contributed by atoms with Crippen LogP contribution in [0.2, 0.25) is 0 Å². The van der Waals surface area contributed by atoms with Gasteiger partial charge in [0.05, 0.1) is 25.4 Å². The number of hydrogen-bond donors (Lipinski definition) is 6. The summed E-state index contributed by atoms with van der Waals surface area (Å²) in [6.45, 7) is 30.4. The molecule has 1 rings (SSSR count). The maximum atomic E-state index is 15.2. The fourth-order valence-corrected chi connectivity index (χ4v) is 11.6. The summed E-state index contributed by atoms with van der Waals surface area (Å²) in [6, 6.07) is -14.0. The molecule has 0 aromatic heterocycles. The number of allylic oxidation sites excluding steroid dienone is 2. The molecule has 14 atom stereocenters. The molecule has 7 N–H and O–H groups in total. The van der Waals surface area contributed by atoms with Crippen molar-refractivity contribution in [3.63, 3.8) is 0 Å². The zero-order chi connectivity index (χ0) is 74.2. The number of rotatable bonds is 22. The molecule has 96 heavy (non-hydrogen) atoms. The van der Waals surface area contributed by atoms with Gasteiger partial charge in [0.2, 0.25) is 65.0 Å². The molecule has 550 valence electrons. The first-order valence-corrected chi connectivity index (χ1v) is 34.3. The van der Waals surface area contributed by atoms with E-state index in [1.54, 1.807) is 81.4 Å². The molecule has 0 saturated carbocycles. The summed E-state index contributed by atoms with van der Waals surface area (Å²) in [4.78, 5) is 183. The van der Waals surface area contributed by atoms with E-state index in [-0.39, 0.29) is 69.0 Å². The van der Waals surface area contributed by atoms with Crippen LogP contribution in [-0.2, 0) is 67.0 Å². The summed E-state index contributed by atoms with van der Waals surface area (Å²) in [5.74, 6) is -11.2. The van der Waals surface area contributed by atoms with Crippen LogP contribution in [0, 0.1) is 41.4 Å². The number of nitrogens with one attached hydrogen (secondary N) is 4. The third kappa shape index (κ3) is 25.3. The van der Waals surface area contributed by atoms with Gasteiger partial charge in [-0.25, -0.2) is 0 Å². The Morgan fingerprint density at radius 2 is 1.01 bits per heavy atom. The SMILES string of the molecule is C/C=C/C[C@@H](C)[C@@H](O)[C@H]1C(=O)N[C@@H](CC)C(=O)N(C)CC(=O)N(C)[C@@H]([C@@H](C)OCCCCOC(=O)[C@@H](N)C(C)C)C(=O)N[C@@H](C(C)C)C(=O)N(C)[C@@H](CC(C)C)C(=O)N[C@@H](C)C(=O)N[C@H](C)C(=O)N(C)[C@@H](CC(C)C)C(=O)N(C)[C@H](CC(C)C)C(=O)N(C)C(C(C)C)C(=O)N1C. The van der Waals surface area contributed by atoms with Crippen LogP contribution < -0.4 is 27.0 Å². The molecule has 0 aromatic rings. The number of amides is 11. The van der Waals surface area contributed by atoms with Crippen LogP contribution >= 0.6 is 0 Å². The first kappa shape index (κ1) is 87.3. The number of likely N-dealkylation sites (N-methyl/N-ethyl adjacent to an activating group) is 7. The van der Waals surface area contributed by atoms with Crippen molar-refractivity contribution in [2.75, 3.05) is 69.1 Å². The number of aliphatic hydroxyl groups is 1. The van der Waals surface area contributed by atoms with Crippen LogP contribution in [0.3, 0.4) is 0 Å². The molecule has 27 heteroatoms. The minimum Gasteiger partial charge on any atom is -0.465 e. The summed E-state index contributed by atoms with van der Waals surface area (Å²) in [5, 5.41) is 23.1. The Kier molecular flexibility index (Phi) is 37.1. The molecule has 11 amide bonds. The molecule has 1 aliphatic heterocycles. The number of esters is 1. The topological polar surface area (TPSA) is 340 Å². The van der Waals surface area contributed by atoms with Crippen LogP contribution in [0.25, 0.3) is 0 Å². The number of carbonyl (C=O) groups is 12. The minimum absolute atomic E-state index is 0.0225. The lowest BCUT2D eigenvalue weighted by atomic mass is 9.91.